The molecule has 0 aliphatic rings. The van der Waals surface area contributed by atoms with Gasteiger partial charge in [-0.15, -0.1) is 0 Å². The Morgan fingerprint density at radius 3 is 2.45 bits per heavy atom. The number of carbonyl (C=O) groups excluding carboxylic acids is 1. The first kappa shape index (κ1) is 16.1. The van der Waals surface area contributed by atoms with Crippen molar-refractivity contribution < 1.29 is 31.5 Å². The first-order chi connectivity index (χ1) is 9.18. The lowest BCUT2D eigenvalue weighted by molar-refractivity contribution is -0.143. The molecule has 1 rings (SSSR count). The van der Waals surface area contributed by atoms with Crippen LogP contribution in [0.2, 0.25) is 0 Å². The average Bonchev–Trinajstić information content (AvgIpc) is 2.26. The van der Waals surface area contributed by atoms with Crippen molar-refractivity contribution in [2.75, 3.05) is 6.61 Å². The normalized spacial score (nSPS) is 11.8. The monoisotopic (exact) mass is 299 g/mol. The van der Waals surface area contributed by atoms with Gasteiger partial charge in [0.25, 0.3) is 12.0 Å². The third-order valence-electron chi connectivity index (χ3n) is 2.38. The van der Waals surface area contributed by atoms with Crippen molar-refractivity contribution in [3.8, 4) is 0 Å². The van der Waals surface area contributed by atoms with Crippen molar-refractivity contribution in [3.05, 3.63) is 33.2 Å². The number of carbonyl (C=O) groups is 1. The van der Waals surface area contributed by atoms with Crippen LogP contribution in [0.4, 0.5) is 22.0 Å². The molecular formula is C11H10F5NO3. The second-order valence-electron chi connectivity index (χ2n) is 3.71. The molecule has 20 heavy (non-hydrogen) atoms. The largest absolute Gasteiger partial charge is 0.466 e. The maximum absolute atomic E-state index is 12.8. The van der Waals surface area contributed by atoms with E-state index in [1.807, 2.05) is 0 Å². The highest BCUT2D eigenvalue weighted by molar-refractivity contribution is 5.73. The van der Waals surface area contributed by atoms with Gasteiger partial charge in [-0.25, -0.2) is 8.78 Å². The number of hydrogen-bond donors (Lipinski definition) is 1. The SMILES string of the molecule is CCOC(=O)Cc1c(C(F)F)c[nH]c(=O)c1C(F)(F)F. The maximum Gasteiger partial charge on any atom is 0.421 e. The summed E-state index contributed by atoms with van der Waals surface area (Å²) in [6.07, 6.45) is -9.00. The van der Waals surface area contributed by atoms with Gasteiger partial charge in [0.15, 0.2) is 0 Å². The van der Waals surface area contributed by atoms with Crippen molar-refractivity contribution in [3.63, 3.8) is 0 Å². The van der Waals surface area contributed by atoms with Crippen LogP contribution in [0, 0.1) is 0 Å². The molecule has 0 aliphatic carbocycles. The van der Waals surface area contributed by atoms with E-state index >= 15 is 0 Å². The lowest BCUT2D eigenvalue weighted by Crippen LogP contribution is -2.27. The van der Waals surface area contributed by atoms with Crippen LogP contribution in [0.5, 0.6) is 0 Å². The second-order valence-corrected chi connectivity index (χ2v) is 3.71. The van der Waals surface area contributed by atoms with Crippen LogP contribution >= 0.6 is 0 Å². The zero-order chi connectivity index (χ0) is 15.5. The number of aromatic amines is 1. The van der Waals surface area contributed by atoms with Gasteiger partial charge in [0.1, 0.15) is 5.56 Å². The minimum Gasteiger partial charge on any atom is -0.466 e. The van der Waals surface area contributed by atoms with Crippen LogP contribution in [-0.4, -0.2) is 17.6 Å². The quantitative estimate of drug-likeness (QED) is 0.686. The summed E-state index contributed by atoms with van der Waals surface area (Å²) in [4.78, 5) is 24.1. The number of nitrogens with one attached hydrogen (secondary N) is 1. The van der Waals surface area contributed by atoms with Crippen LogP contribution in [0.15, 0.2) is 11.0 Å². The smallest absolute Gasteiger partial charge is 0.421 e. The third kappa shape index (κ3) is 3.55. The summed E-state index contributed by atoms with van der Waals surface area (Å²) < 4.78 is 68.2. The molecule has 0 fully saturated rings. The molecule has 112 valence electrons. The Labute approximate surface area is 109 Å². The Kier molecular flexibility index (Phi) is 4.85. The van der Waals surface area contributed by atoms with E-state index in [1.165, 1.54) is 6.92 Å². The molecule has 1 aromatic rings. The predicted octanol–water partition coefficient (Wildman–Crippen LogP) is 2.44. The van der Waals surface area contributed by atoms with Gasteiger partial charge in [-0.05, 0) is 12.5 Å². The summed E-state index contributed by atoms with van der Waals surface area (Å²) in [6, 6.07) is 0. The van der Waals surface area contributed by atoms with Crippen LogP contribution in [0.3, 0.4) is 0 Å². The van der Waals surface area contributed by atoms with Gasteiger partial charge >= 0.3 is 12.1 Å². The van der Waals surface area contributed by atoms with E-state index in [0.29, 0.717) is 6.20 Å². The van der Waals surface area contributed by atoms with Gasteiger partial charge in [0.05, 0.1) is 13.0 Å². The number of pyridine rings is 1. The van der Waals surface area contributed by atoms with Crippen LogP contribution < -0.4 is 5.56 Å². The zero-order valence-electron chi connectivity index (χ0n) is 10.2. The van der Waals surface area contributed by atoms with Gasteiger partial charge in [0, 0.05) is 11.8 Å². The van der Waals surface area contributed by atoms with E-state index in [9.17, 15) is 31.5 Å². The minimum atomic E-state index is -5.15. The fraction of sp³-hybridized carbons (Fsp3) is 0.455. The molecule has 0 aliphatic heterocycles. The van der Waals surface area contributed by atoms with Crippen LogP contribution in [-0.2, 0) is 22.1 Å². The zero-order valence-corrected chi connectivity index (χ0v) is 10.2. The molecule has 0 saturated heterocycles. The molecule has 0 amide bonds. The second kappa shape index (κ2) is 6.02. The number of aromatic nitrogens is 1. The summed E-state index contributed by atoms with van der Waals surface area (Å²) in [7, 11) is 0. The molecule has 1 N–H and O–H groups in total. The van der Waals surface area contributed by atoms with E-state index in [-0.39, 0.29) is 6.61 Å². The number of hydrogen-bond acceptors (Lipinski definition) is 3. The van der Waals surface area contributed by atoms with E-state index in [0.717, 1.165) is 0 Å². The van der Waals surface area contributed by atoms with Crippen molar-refractivity contribution >= 4 is 5.97 Å². The predicted molar refractivity (Wildman–Crippen MR) is 57.4 cm³/mol. The standard InChI is InChI=1S/C11H10F5NO3/c1-2-20-7(18)3-5-6(9(12)13)4-17-10(19)8(5)11(14,15)16/h4,9H,2-3H2,1H3,(H,17,19). The van der Waals surface area contributed by atoms with Gasteiger partial charge < -0.3 is 9.72 Å². The van der Waals surface area contributed by atoms with Gasteiger partial charge in [-0.3, -0.25) is 9.59 Å². The Bertz CT molecular complexity index is 550. The fourth-order valence-corrected chi connectivity index (χ4v) is 1.63. The van der Waals surface area contributed by atoms with Crippen molar-refractivity contribution in [2.45, 2.75) is 25.9 Å². The van der Waals surface area contributed by atoms with Gasteiger partial charge in [0.2, 0.25) is 0 Å². The lowest BCUT2D eigenvalue weighted by Gasteiger charge is -2.15. The van der Waals surface area contributed by atoms with Crippen LogP contribution in [0.1, 0.15) is 30.0 Å². The summed E-state index contributed by atoms with van der Waals surface area (Å²) >= 11 is 0. The summed E-state index contributed by atoms with van der Waals surface area (Å²) in [5, 5.41) is 0. The number of ether oxygens (including phenoxy) is 1. The minimum absolute atomic E-state index is 0.118. The highest BCUT2D eigenvalue weighted by atomic mass is 19.4. The molecule has 9 heteroatoms. The molecule has 0 radical (unpaired) electrons. The Morgan fingerprint density at radius 2 is 2.00 bits per heavy atom. The van der Waals surface area contributed by atoms with Crippen molar-refractivity contribution in [1.82, 2.24) is 4.98 Å². The molecule has 0 spiro atoms. The third-order valence-corrected chi connectivity index (χ3v) is 2.38. The highest BCUT2D eigenvalue weighted by Crippen LogP contribution is 2.33. The van der Waals surface area contributed by atoms with E-state index < -0.39 is 47.2 Å². The van der Waals surface area contributed by atoms with E-state index in [2.05, 4.69) is 4.74 Å². The summed E-state index contributed by atoms with van der Waals surface area (Å²) in [6.45, 7) is 1.29. The van der Waals surface area contributed by atoms with E-state index in [1.54, 1.807) is 4.98 Å². The summed E-state index contributed by atoms with van der Waals surface area (Å²) in [5.74, 6) is -1.12. The maximum atomic E-state index is 12.8. The lowest BCUT2D eigenvalue weighted by atomic mass is 10.0. The van der Waals surface area contributed by atoms with Crippen molar-refractivity contribution in [1.29, 1.82) is 0 Å². The average molecular weight is 299 g/mol. The Balaban J connectivity index is 3.45. The molecule has 4 nitrogen and oxygen atoms in total. The highest BCUT2D eigenvalue weighted by Gasteiger charge is 2.39. The van der Waals surface area contributed by atoms with Crippen LogP contribution in [0.25, 0.3) is 0 Å². The Hall–Kier alpha value is -1.93. The first-order valence-electron chi connectivity index (χ1n) is 5.43. The Morgan fingerprint density at radius 1 is 1.40 bits per heavy atom. The van der Waals surface area contributed by atoms with Crippen molar-refractivity contribution in [2.24, 2.45) is 0 Å². The molecule has 0 saturated carbocycles. The molecule has 0 aromatic carbocycles. The number of alkyl halides is 5. The molecule has 0 bridgehead atoms. The number of rotatable bonds is 4. The molecule has 0 unspecified atom stereocenters. The number of H-pyrrole nitrogens is 1. The molecular weight excluding hydrogens is 289 g/mol. The first-order valence-corrected chi connectivity index (χ1v) is 5.43. The molecule has 1 heterocycles. The van der Waals surface area contributed by atoms with Gasteiger partial charge in [-0.1, -0.05) is 0 Å². The van der Waals surface area contributed by atoms with E-state index in [4.69, 9.17) is 0 Å². The molecule has 0 atom stereocenters. The fourth-order valence-electron chi connectivity index (χ4n) is 1.63. The van der Waals surface area contributed by atoms with Gasteiger partial charge in [-0.2, -0.15) is 13.2 Å². The number of halogens is 5. The topological polar surface area (TPSA) is 59.2 Å². The number of esters is 1. The summed E-state index contributed by atoms with van der Waals surface area (Å²) in [5.41, 5.74) is -5.50. The molecule has 1 aromatic heterocycles.